The second-order valence-electron chi connectivity index (χ2n) is 9.81. The quantitative estimate of drug-likeness (QED) is 0.239. The SMILES string of the molecule is c1ccc(N(c2ccccc2)c2ccc(-c3cccc4c5cccc6c5n(c34)-c3ccccc3O6)cc2)cc1. The van der Waals surface area contributed by atoms with Crippen LogP contribution in [0.2, 0.25) is 0 Å². The third-order valence-corrected chi connectivity index (χ3v) is 7.56. The molecule has 3 nitrogen and oxygen atoms in total. The van der Waals surface area contributed by atoms with Crippen molar-refractivity contribution in [2.45, 2.75) is 0 Å². The van der Waals surface area contributed by atoms with Crippen molar-refractivity contribution in [2.75, 3.05) is 4.90 Å². The molecule has 0 atom stereocenters. The van der Waals surface area contributed by atoms with Crippen molar-refractivity contribution in [3.63, 3.8) is 0 Å². The van der Waals surface area contributed by atoms with Gasteiger partial charge >= 0.3 is 0 Å². The molecule has 0 bridgehead atoms. The second-order valence-corrected chi connectivity index (χ2v) is 9.81. The number of rotatable bonds is 4. The van der Waals surface area contributed by atoms with Gasteiger partial charge in [0.2, 0.25) is 0 Å². The zero-order chi connectivity index (χ0) is 25.8. The Morgan fingerprint density at radius 2 is 1.00 bits per heavy atom. The lowest BCUT2D eigenvalue weighted by atomic mass is 10.0. The Balaban J connectivity index is 1.32. The van der Waals surface area contributed by atoms with Crippen LogP contribution in [0.15, 0.2) is 146 Å². The van der Waals surface area contributed by atoms with E-state index in [0.29, 0.717) is 0 Å². The molecule has 0 saturated heterocycles. The molecule has 8 rings (SSSR count). The van der Waals surface area contributed by atoms with E-state index in [0.717, 1.165) is 39.8 Å². The van der Waals surface area contributed by atoms with Gasteiger partial charge in [0.25, 0.3) is 0 Å². The van der Waals surface area contributed by atoms with Crippen molar-refractivity contribution in [3.8, 4) is 28.3 Å². The number of anilines is 3. The van der Waals surface area contributed by atoms with Crippen LogP contribution in [0.25, 0.3) is 38.6 Å². The highest BCUT2D eigenvalue weighted by molar-refractivity contribution is 6.16. The number of benzene rings is 6. The van der Waals surface area contributed by atoms with Gasteiger partial charge < -0.3 is 14.2 Å². The van der Waals surface area contributed by atoms with Crippen LogP contribution in [0.5, 0.6) is 11.5 Å². The van der Waals surface area contributed by atoms with Crippen molar-refractivity contribution >= 4 is 38.9 Å². The summed E-state index contributed by atoms with van der Waals surface area (Å²) < 4.78 is 8.70. The molecule has 1 aromatic heterocycles. The minimum atomic E-state index is 0.876. The highest BCUT2D eigenvalue weighted by atomic mass is 16.5. The van der Waals surface area contributed by atoms with E-state index in [1.807, 2.05) is 12.1 Å². The van der Waals surface area contributed by atoms with E-state index in [2.05, 4.69) is 143 Å². The summed E-state index contributed by atoms with van der Waals surface area (Å²) in [6.07, 6.45) is 0. The van der Waals surface area contributed by atoms with Crippen LogP contribution < -0.4 is 9.64 Å². The van der Waals surface area contributed by atoms with Gasteiger partial charge in [0.1, 0.15) is 0 Å². The van der Waals surface area contributed by atoms with Crippen LogP contribution in [0.3, 0.4) is 0 Å². The first-order valence-corrected chi connectivity index (χ1v) is 13.2. The Morgan fingerprint density at radius 1 is 0.436 bits per heavy atom. The Labute approximate surface area is 226 Å². The van der Waals surface area contributed by atoms with Gasteiger partial charge in [0.05, 0.1) is 16.7 Å². The van der Waals surface area contributed by atoms with Crippen molar-refractivity contribution in [3.05, 3.63) is 146 Å². The minimum Gasteiger partial charge on any atom is -0.453 e. The van der Waals surface area contributed by atoms with Gasteiger partial charge in [-0.1, -0.05) is 91.0 Å². The first-order valence-electron chi connectivity index (χ1n) is 13.2. The predicted molar refractivity (Wildman–Crippen MR) is 161 cm³/mol. The first kappa shape index (κ1) is 21.8. The zero-order valence-corrected chi connectivity index (χ0v) is 21.2. The molecule has 0 N–H and O–H groups in total. The second kappa shape index (κ2) is 8.64. The molecular formula is C36H24N2O. The summed E-state index contributed by atoms with van der Waals surface area (Å²) in [5, 5.41) is 2.43. The van der Waals surface area contributed by atoms with E-state index in [9.17, 15) is 0 Å². The Kier molecular flexibility index (Phi) is 4.82. The molecule has 0 aliphatic carbocycles. The molecule has 0 spiro atoms. The summed E-state index contributed by atoms with van der Waals surface area (Å²) in [5.41, 5.74) is 9.14. The Hall–Kier alpha value is -5.28. The van der Waals surface area contributed by atoms with Gasteiger partial charge in [-0.25, -0.2) is 0 Å². The molecule has 3 heteroatoms. The molecule has 0 saturated carbocycles. The fourth-order valence-electron chi connectivity index (χ4n) is 5.88. The van der Waals surface area contributed by atoms with E-state index in [1.54, 1.807) is 0 Å². The lowest BCUT2D eigenvalue weighted by Gasteiger charge is -2.25. The fourth-order valence-corrected chi connectivity index (χ4v) is 5.88. The maximum Gasteiger partial charge on any atom is 0.152 e. The smallest absolute Gasteiger partial charge is 0.152 e. The topological polar surface area (TPSA) is 17.4 Å². The van der Waals surface area contributed by atoms with Crippen molar-refractivity contribution in [1.29, 1.82) is 0 Å². The summed E-state index contributed by atoms with van der Waals surface area (Å²) in [5.74, 6) is 1.77. The average Bonchev–Trinajstić information content (AvgIpc) is 3.35. The van der Waals surface area contributed by atoms with E-state index in [-0.39, 0.29) is 0 Å². The third kappa shape index (κ3) is 3.37. The molecule has 0 unspecified atom stereocenters. The van der Waals surface area contributed by atoms with Gasteiger partial charge in [-0.2, -0.15) is 0 Å². The molecule has 0 radical (unpaired) electrons. The largest absolute Gasteiger partial charge is 0.453 e. The molecule has 0 fully saturated rings. The van der Waals surface area contributed by atoms with E-state index in [1.165, 1.54) is 27.4 Å². The lowest BCUT2D eigenvalue weighted by molar-refractivity contribution is 0.476. The lowest BCUT2D eigenvalue weighted by Crippen LogP contribution is -2.09. The highest BCUT2D eigenvalue weighted by Gasteiger charge is 2.25. The zero-order valence-electron chi connectivity index (χ0n) is 21.2. The fraction of sp³-hybridized carbons (Fsp3) is 0. The monoisotopic (exact) mass is 500 g/mol. The maximum atomic E-state index is 6.32. The molecular weight excluding hydrogens is 476 g/mol. The molecule has 1 aliphatic rings. The number of aromatic nitrogens is 1. The van der Waals surface area contributed by atoms with Crippen LogP contribution in [-0.2, 0) is 0 Å². The van der Waals surface area contributed by atoms with E-state index < -0.39 is 0 Å². The highest BCUT2D eigenvalue weighted by Crippen LogP contribution is 2.47. The van der Waals surface area contributed by atoms with Crippen molar-refractivity contribution < 1.29 is 4.74 Å². The summed E-state index contributed by atoms with van der Waals surface area (Å²) in [6.45, 7) is 0. The number of hydrogen-bond acceptors (Lipinski definition) is 2. The molecule has 39 heavy (non-hydrogen) atoms. The summed E-state index contributed by atoms with van der Waals surface area (Å²) in [7, 11) is 0. The number of hydrogen-bond donors (Lipinski definition) is 0. The van der Waals surface area contributed by atoms with Gasteiger partial charge in [0, 0.05) is 33.4 Å². The van der Waals surface area contributed by atoms with Crippen molar-refractivity contribution in [1.82, 2.24) is 4.57 Å². The molecule has 2 heterocycles. The van der Waals surface area contributed by atoms with Crippen LogP contribution in [0.1, 0.15) is 0 Å². The molecule has 184 valence electrons. The van der Waals surface area contributed by atoms with Crippen molar-refractivity contribution in [2.24, 2.45) is 0 Å². The number of para-hydroxylation sites is 6. The predicted octanol–water partition coefficient (Wildman–Crippen LogP) is 10.0. The molecule has 7 aromatic rings. The van der Waals surface area contributed by atoms with E-state index >= 15 is 0 Å². The molecule has 6 aromatic carbocycles. The summed E-state index contributed by atoms with van der Waals surface area (Å²) >= 11 is 0. The Bertz CT molecular complexity index is 1930. The molecule has 0 amide bonds. The van der Waals surface area contributed by atoms with Gasteiger partial charge in [0.15, 0.2) is 11.5 Å². The maximum absolute atomic E-state index is 6.32. The van der Waals surface area contributed by atoms with Crippen LogP contribution in [0, 0.1) is 0 Å². The summed E-state index contributed by atoms with van der Waals surface area (Å²) in [6, 6.07) is 51.2. The standard InChI is InChI=1S/C36H24N2O/c1-3-11-26(12-4-1)37(27-13-5-2-6-14-27)28-23-21-25(22-24-28)29-15-9-16-30-31-17-10-20-34-36(31)38(35(29)30)32-18-7-8-19-33(32)39-34/h1-24H. The third-order valence-electron chi connectivity index (χ3n) is 7.56. The first-order chi connectivity index (χ1) is 19.4. The van der Waals surface area contributed by atoms with Crippen LogP contribution >= 0.6 is 0 Å². The van der Waals surface area contributed by atoms with E-state index in [4.69, 9.17) is 4.74 Å². The normalized spacial score (nSPS) is 11.8. The number of ether oxygens (including phenoxy) is 1. The van der Waals surface area contributed by atoms with Crippen LogP contribution in [-0.4, -0.2) is 4.57 Å². The van der Waals surface area contributed by atoms with Crippen LogP contribution in [0.4, 0.5) is 17.1 Å². The average molecular weight is 501 g/mol. The number of fused-ring (bicyclic) bond motifs is 5. The summed E-state index contributed by atoms with van der Waals surface area (Å²) in [4.78, 5) is 2.29. The molecule has 1 aliphatic heterocycles. The number of nitrogens with zero attached hydrogens (tertiary/aromatic N) is 2. The Morgan fingerprint density at radius 3 is 1.72 bits per heavy atom. The minimum absolute atomic E-state index is 0.876. The van der Waals surface area contributed by atoms with Gasteiger partial charge in [-0.3, -0.25) is 0 Å². The van der Waals surface area contributed by atoms with Gasteiger partial charge in [-0.15, -0.1) is 0 Å². The van der Waals surface area contributed by atoms with Gasteiger partial charge in [-0.05, 0) is 60.2 Å².